The first-order valence-electron chi connectivity index (χ1n) is 11.5. The van der Waals surface area contributed by atoms with Crippen LogP contribution in [0.1, 0.15) is 10.8 Å². The lowest BCUT2D eigenvalue weighted by Gasteiger charge is -2.18. The number of nitrogens with one attached hydrogen (secondary N) is 2. The number of anilines is 2. The fraction of sp³-hybridized carbons (Fsp3) is 0.103. The van der Waals surface area contributed by atoms with Crippen LogP contribution in [-0.2, 0) is 9.59 Å². The molecular formula is C29H25ClN2O4S. The summed E-state index contributed by atoms with van der Waals surface area (Å²) in [7, 11) is 1.54. The van der Waals surface area contributed by atoms with Gasteiger partial charge in [-0.1, -0.05) is 60.1 Å². The molecule has 0 saturated heterocycles. The Balaban J connectivity index is 1.41. The van der Waals surface area contributed by atoms with Crippen LogP contribution < -0.4 is 20.1 Å². The van der Waals surface area contributed by atoms with E-state index in [0.29, 0.717) is 27.9 Å². The third-order valence-corrected chi connectivity index (χ3v) is 6.83. The number of carbonyl (C=O) groups excluding carboxylic acids is 2. The Kier molecular flexibility index (Phi) is 9.08. The molecule has 0 fully saturated rings. The third-order valence-electron chi connectivity index (χ3n) is 5.26. The summed E-state index contributed by atoms with van der Waals surface area (Å²) >= 11 is 7.63. The number of hydrogen-bond donors (Lipinski definition) is 2. The van der Waals surface area contributed by atoms with E-state index in [-0.39, 0.29) is 18.4 Å². The lowest BCUT2D eigenvalue weighted by Crippen LogP contribution is -2.20. The molecule has 188 valence electrons. The number of carbonyl (C=O) groups is 2. The summed E-state index contributed by atoms with van der Waals surface area (Å²) in [4.78, 5) is 26.4. The Morgan fingerprint density at radius 1 is 0.838 bits per heavy atom. The van der Waals surface area contributed by atoms with E-state index in [0.717, 1.165) is 10.5 Å². The number of ether oxygens (including phenoxy) is 2. The number of benzene rings is 4. The first-order chi connectivity index (χ1) is 18.0. The Hall–Kier alpha value is -3.94. The minimum atomic E-state index is -0.512. The van der Waals surface area contributed by atoms with Crippen LogP contribution in [0.3, 0.4) is 0 Å². The average molecular weight is 533 g/mol. The molecule has 8 heteroatoms. The summed E-state index contributed by atoms with van der Waals surface area (Å²) in [5.41, 5.74) is 2.08. The van der Waals surface area contributed by atoms with Crippen molar-refractivity contribution in [2.45, 2.75) is 10.1 Å². The molecule has 0 radical (unpaired) electrons. The molecule has 2 N–H and O–H groups in total. The van der Waals surface area contributed by atoms with Crippen LogP contribution in [0.25, 0.3) is 0 Å². The summed E-state index contributed by atoms with van der Waals surface area (Å²) in [6.07, 6.45) is 0. The van der Waals surface area contributed by atoms with E-state index in [2.05, 4.69) is 10.6 Å². The van der Waals surface area contributed by atoms with Crippen LogP contribution in [0.2, 0.25) is 5.02 Å². The van der Waals surface area contributed by atoms with E-state index in [1.165, 1.54) is 18.9 Å². The molecule has 0 bridgehead atoms. The second-order valence-corrected chi connectivity index (χ2v) is 9.51. The van der Waals surface area contributed by atoms with E-state index in [1.54, 1.807) is 42.5 Å². The van der Waals surface area contributed by atoms with E-state index in [1.807, 2.05) is 60.7 Å². The van der Waals surface area contributed by atoms with Gasteiger partial charge in [0.15, 0.2) is 6.61 Å². The van der Waals surface area contributed by atoms with E-state index in [4.69, 9.17) is 21.1 Å². The van der Waals surface area contributed by atoms with Gasteiger partial charge in [0, 0.05) is 16.3 Å². The molecule has 4 aromatic rings. The van der Waals surface area contributed by atoms with Gasteiger partial charge in [0.1, 0.15) is 16.7 Å². The van der Waals surface area contributed by atoms with Gasteiger partial charge in [0.05, 0.1) is 12.1 Å². The summed E-state index contributed by atoms with van der Waals surface area (Å²) < 4.78 is 10.7. The maximum atomic E-state index is 13.3. The molecule has 4 rings (SSSR count). The fourth-order valence-electron chi connectivity index (χ4n) is 3.47. The molecule has 6 nitrogen and oxygen atoms in total. The SMILES string of the molecule is COc1ccc(NC(=O)C(Sc2ccc(NC(=O)COc3ccccc3)cc2)c2ccccc2)cc1Cl. The Labute approximate surface area is 225 Å². The smallest absolute Gasteiger partial charge is 0.262 e. The number of methoxy groups -OCH3 is 1. The first-order valence-corrected chi connectivity index (χ1v) is 12.7. The van der Waals surface area contributed by atoms with Crippen molar-refractivity contribution < 1.29 is 19.1 Å². The van der Waals surface area contributed by atoms with E-state index < -0.39 is 5.25 Å². The standard InChI is InChI=1S/C29H25ClN2O4S/c1-35-26-17-14-22(18-25(26)30)32-29(34)28(20-8-4-2-5-9-20)37-24-15-12-21(13-16-24)31-27(33)19-36-23-10-6-3-7-11-23/h2-18,28H,19H2,1H3,(H,31,33)(H,32,34). The minimum absolute atomic E-state index is 0.0911. The molecular weight excluding hydrogens is 508 g/mol. The van der Waals surface area contributed by atoms with Crippen LogP contribution in [0.15, 0.2) is 108 Å². The van der Waals surface area contributed by atoms with Crippen molar-refractivity contribution in [1.82, 2.24) is 0 Å². The topological polar surface area (TPSA) is 76.7 Å². The van der Waals surface area contributed by atoms with E-state index >= 15 is 0 Å². The summed E-state index contributed by atoms with van der Waals surface area (Å²) in [5, 5.41) is 5.67. The van der Waals surface area contributed by atoms with Crippen LogP contribution in [-0.4, -0.2) is 25.5 Å². The quantitative estimate of drug-likeness (QED) is 0.219. The monoisotopic (exact) mass is 532 g/mol. The van der Waals surface area contributed by atoms with Gasteiger partial charge in [-0.15, -0.1) is 11.8 Å². The second kappa shape index (κ2) is 12.9. The molecule has 0 heterocycles. The fourth-order valence-corrected chi connectivity index (χ4v) is 4.75. The van der Waals surface area contributed by atoms with Crippen molar-refractivity contribution in [2.75, 3.05) is 24.4 Å². The van der Waals surface area contributed by atoms with Crippen molar-refractivity contribution >= 4 is 46.6 Å². The summed E-state index contributed by atoms with van der Waals surface area (Å²) in [6, 6.07) is 31.1. The molecule has 0 aromatic heterocycles. The van der Waals surface area contributed by atoms with Crippen molar-refractivity contribution in [3.63, 3.8) is 0 Å². The Morgan fingerprint density at radius 2 is 1.49 bits per heavy atom. The second-order valence-electron chi connectivity index (χ2n) is 7.92. The third kappa shape index (κ3) is 7.52. The number of hydrogen-bond acceptors (Lipinski definition) is 5. The van der Waals surface area contributed by atoms with Gasteiger partial charge in [0.2, 0.25) is 5.91 Å². The predicted molar refractivity (Wildman–Crippen MR) is 149 cm³/mol. The molecule has 0 aliphatic carbocycles. The maximum Gasteiger partial charge on any atom is 0.262 e. The minimum Gasteiger partial charge on any atom is -0.495 e. The lowest BCUT2D eigenvalue weighted by atomic mass is 10.1. The van der Waals surface area contributed by atoms with Crippen molar-refractivity contribution in [3.8, 4) is 11.5 Å². The molecule has 1 unspecified atom stereocenters. The van der Waals surface area contributed by atoms with Gasteiger partial charge in [-0.05, 0) is 60.2 Å². The van der Waals surface area contributed by atoms with Gasteiger partial charge in [-0.2, -0.15) is 0 Å². The average Bonchev–Trinajstić information content (AvgIpc) is 2.92. The molecule has 0 spiro atoms. The largest absolute Gasteiger partial charge is 0.495 e. The highest BCUT2D eigenvalue weighted by Gasteiger charge is 2.22. The molecule has 0 aliphatic rings. The zero-order valence-electron chi connectivity index (χ0n) is 20.0. The molecule has 4 aromatic carbocycles. The maximum absolute atomic E-state index is 13.3. The predicted octanol–water partition coefficient (Wildman–Crippen LogP) is 6.84. The molecule has 1 atom stereocenters. The highest BCUT2D eigenvalue weighted by atomic mass is 35.5. The summed E-state index contributed by atoms with van der Waals surface area (Å²) in [5.74, 6) is 0.718. The molecule has 37 heavy (non-hydrogen) atoms. The van der Waals surface area contributed by atoms with Gasteiger partial charge < -0.3 is 20.1 Å². The number of amides is 2. The zero-order valence-corrected chi connectivity index (χ0v) is 21.6. The van der Waals surface area contributed by atoms with Crippen LogP contribution >= 0.6 is 23.4 Å². The highest BCUT2D eigenvalue weighted by molar-refractivity contribution is 8.00. The van der Waals surface area contributed by atoms with Crippen LogP contribution in [0, 0.1) is 0 Å². The number of para-hydroxylation sites is 1. The van der Waals surface area contributed by atoms with Gasteiger partial charge in [0.25, 0.3) is 5.91 Å². The summed E-state index contributed by atoms with van der Waals surface area (Å²) in [6.45, 7) is -0.0911. The highest BCUT2D eigenvalue weighted by Crippen LogP contribution is 2.37. The number of rotatable bonds is 10. The van der Waals surface area contributed by atoms with Crippen molar-refractivity contribution in [3.05, 3.63) is 114 Å². The molecule has 2 amide bonds. The molecule has 0 aliphatic heterocycles. The van der Waals surface area contributed by atoms with E-state index in [9.17, 15) is 9.59 Å². The number of thioether (sulfide) groups is 1. The molecule has 0 saturated carbocycles. The van der Waals surface area contributed by atoms with Crippen LogP contribution in [0.4, 0.5) is 11.4 Å². The van der Waals surface area contributed by atoms with Crippen molar-refractivity contribution in [1.29, 1.82) is 0 Å². The van der Waals surface area contributed by atoms with Crippen molar-refractivity contribution in [2.24, 2.45) is 0 Å². The van der Waals surface area contributed by atoms with Crippen LogP contribution in [0.5, 0.6) is 11.5 Å². The van der Waals surface area contributed by atoms with Gasteiger partial charge >= 0.3 is 0 Å². The Bertz CT molecular complexity index is 1340. The van der Waals surface area contributed by atoms with Gasteiger partial charge in [-0.3, -0.25) is 9.59 Å². The van der Waals surface area contributed by atoms with Gasteiger partial charge in [-0.25, -0.2) is 0 Å². The lowest BCUT2D eigenvalue weighted by molar-refractivity contribution is -0.118. The number of halogens is 1. The zero-order chi connectivity index (χ0) is 26.0. The first kappa shape index (κ1) is 26.1. The Morgan fingerprint density at radius 3 is 2.14 bits per heavy atom. The normalized spacial score (nSPS) is 11.3.